The number of rotatable bonds is 18. The maximum Gasteiger partial charge on any atom is 0.254 e. The zero-order valence-corrected chi connectivity index (χ0v) is 32.9. The van der Waals surface area contributed by atoms with Gasteiger partial charge in [0.25, 0.3) is 5.91 Å². The first-order valence-corrected chi connectivity index (χ1v) is 18.2. The Bertz CT molecular complexity index is 1280. The molecule has 1 aliphatic heterocycles. The number of carbonyl (C=O) groups is 2. The fourth-order valence-electron chi connectivity index (χ4n) is 5.88. The normalized spacial score (nSPS) is 14.5. The van der Waals surface area contributed by atoms with Gasteiger partial charge in [-0.15, -0.1) is 0 Å². The van der Waals surface area contributed by atoms with Crippen molar-refractivity contribution in [3.05, 3.63) is 83.2 Å². The Kier molecular flexibility index (Phi) is 21.9. The Hall–Kier alpha value is -3.13. The van der Waals surface area contributed by atoms with E-state index in [1.807, 2.05) is 64.1 Å². The second-order valence-electron chi connectivity index (χ2n) is 14.6. The molecule has 0 saturated heterocycles. The molecule has 1 aromatic carbocycles. The van der Waals surface area contributed by atoms with Gasteiger partial charge in [-0.3, -0.25) is 14.0 Å². The molecule has 1 N–H and O–H groups in total. The maximum atomic E-state index is 13.1. The number of halogens is 3. The summed E-state index contributed by atoms with van der Waals surface area (Å²) >= 11 is 0. The van der Waals surface area contributed by atoms with Crippen LogP contribution >= 0.6 is 0 Å². The van der Waals surface area contributed by atoms with Crippen molar-refractivity contribution in [1.29, 1.82) is 0 Å². The van der Waals surface area contributed by atoms with Crippen molar-refractivity contribution in [2.24, 2.45) is 23.7 Å². The van der Waals surface area contributed by atoms with Gasteiger partial charge in [0.15, 0.2) is 5.78 Å². The second-order valence-corrected chi connectivity index (χ2v) is 14.6. The summed E-state index contributed by atoms with van der Waals surface area (Å²) in [4.78, 5) is 28.2. The molecule has 2 unspecified atom stereocenters. The van der Waals surface area contributed by atoms with Crippen molar-refractivity contribution >= 4 is 11.7 Å². The molecule has 0 spiro atoms. The molecule has 0 aliphatic carbocycles. The number of nitrogens with zero attached hydrogens (tertiary/aromatic N) is 2. The maximum absolute atomic E-state index is 13.1. The number of aryl methyl sites for hydroxylation is 2. The third kappa shape index (κ3) is 15.8. The number of fused-ring (bicyclic) bond motifs is 1. The highest BCUT2D eigenvalue weighted by Gasteiger charge is 2.34. The van der Waals surface area contributed by atoms with Gasteiger partial charge < -0.3 is 14.9 Å². The summed E-state index contributed by atoms with van der Waals surface area (Å²) in [7, 11) is 1.94. The fraction of sp³-hybridized carbons (Fsp3) is 0.619. The molecule has 1 aromatic rings. The van der Waals surface area contributed by atoms with E-state index in [4.69, 9.17) is 0 Å². The number of benzene rings is 1. The lowest BCUT2D eigenvalue weighted by molar-refractivity contribution is -0.118. The number of ketones is 1. The van der Waals surface area contributed by atoms with Gasteiger partial charge in [-0.25, -0.2) is 8.78 Å². The second kappa shape index (κ2) is 23.4. The van der Waals surface area contributed by atoms with Gasteiger partial charge in [0.1, 0.15) is 0 Å². The molecule has 5 nitrogen and oxygen atoms in total. The minimum Gasteiger partial charge on any atom is -0.390 e. The van der Waals surface area contributed by atoms with E-state index < -0.39 is 24.6 Å². The predicted molar refractivity (Wildman–Crippen MR) is 204 cm³/mol. The van der Waals surface area contributed by atoms with Crippen LogP contribution in [-0.4, -0.2) is 58.9 Å². The average Bonchev–Trinajstić information content (AvgIpc) is 3.32. The highest BCUT2D eigenvalue weighted by molar-refractivity contribution is 6.00. The number of alkyl halides is 3. The van der Waals surface area contributed by atoms with Crippen LogP contribution in [0.5, 0.6) is 0 Å². The van der Waals surface area contributed by atoms with Gasteiger partial charge in [-0.1, -0.05) is 105 Å². The van der Waals surface area contributed by atoms with Crippen LogP contribution < -0.4 is 0 Å². The highest BCUT2D eigenvalue weighted by Crippen LogP contribution is 2.29. The van der Waals surface area contributed by atoms with Crippen LogP contribution in [0.15, 0.2) is 61.0 Å². The predicted octanol–water partition coefficient (Wildman–Crippen LogP) is 10.8. The van der Waals surface area contributed by atoms with Gasteiger partial charge in [-0.05, 0) is 68.4 Å². The molecule has 0 bridgehead atoms. The van der Waals surface area contributed by atoms with E-state index >= 15 is 0 Å². The number of hydrogen-bond acceptors (Lipinski definition) is 4. The first-order valence-electron chi connectivity index (χ1n) is 18.2. The number of aliphatic hydroxyl groups is 1. The van der Waals surface area contributed by atoms with Gasteiger partial charge in [0, 0.05) is 61.4 Å². The van der Waals surface area contributed by atoms with Gasteiger partial charge in [0.2, 0.25) is 6.43 Å². The van der Waals surface area contributed by atoms with Crippen LogP contribution in [0, 0.1) is 37.5 Å². The van der Waals surface area contributed by atoms with E-state index in [0.29, 0.717) is 17.7 Å². The Labute approximate surface area is 302 Å². The van der Waals surface area contributed by atoms with Crippen molar-refractivity contribution in [2.75, 3.05) is 20.3 Å². The lowest BCUT2D eigenvalue weighted by atomic mass is 9.92. The fourth-order valence-corrected chi connectivity index (χ4v) is 5.88. The molecule has 1 heterocycles. The molecule has 50 heavy (non-hydrogen) atoms. The summed E-state index contributed by atoms with van der Waals surface area (Å²) in [5, 5.41) is 9.95. The Morgan fingerprint density at radius 1 is 1.04 bits per heavy atom. The van der Waals surface area contributed by atoms with Gasteiger partial charge in [0.05, 0.1) is 12.3 Å². The quantitative estimate of drug-likeness (QED) is 0.122. The molecule has 8 heteroatoms. The molecule has 284 valence electrons. The standard InChI is InChI=1S/C16H22FNO2.C16H25NO.C10H20F2/c1-10-5-12-8-18(9-13(7-17)16(3,4)20)15(19)14(12)6-11(10)2;1-8-10-11-17(7)15(12(3)4)14(9-2)16(18)13(5)6;1-3-5-7-9(6-4-2)8-10(11)12/h5-6,13,20H,7-9H2,1-4H3;8-13H,1-2H2,3-7H3;9-10H,3-8H2,1-2H3/b;11-10-,15-14+;. The van der Waals surface area contributed by atoms with Crippen molar-refractivity contribution in [2.45, 2.75) is 126 Å². The zero-order chi connectivity index (χ0) is 38.8. The summed E-state index contributed by atoms with van der Waals surface area (Å²) in [5.41, 5.74) is 4.51. The summed E-state index contributed by atoms with van der Waals surface area (Å²) in [6, 6.07) is 3.93. The molecule has 2 rings (SSSR count). The number of hydrogen-bond donors (Lipinski definition) is 1. The number of unbranched alkanes of at least 4 members (excludes halogenated alkanes) is 1. The first kappa shape index (κ1) is 46.9. The Morgan fingerprint density at radius 3 is 2.08 bits per heavy atom. The molecule has 0 aromatic heterocycles. The minimum atomic E-state index is -2.11. The molecule has 1 amide bonds. The minimum absolute atomic E-state index is 0.0245. The summed E-state index contributed by atoms with van der Waals surface area (Å²) in [5.74, 6) is -0.0139. The summed E-state index contributed by atoms with van der Waals surface area (Å²) < 4.78 is 37.2. The van der Waals surface area contributed by atoms with Gasteiger partial charge in [-0.2, -0.15) is 0 Å². The van der Waals surface area contributed by atoms with Crippen LogP contribution in [0.4, 0.5) is 13.2 Å². The zero-order valence-electron chi connectivity index (χ0n) is 32.9. The first-order chi connectivity index (χ1) is 23.3. The van der Waals surface area contributed by atoms with Crippen LogP contribution in [0.25, 0.3) is 0 Å². The molecular formula is C42H67F3N2O3. The monoisotopic (exact) mass is 705 g/mol. The summed E-state index contributed by atoms with van der Waals surface area (Å²) in [6.45, 7) is 26.8. The van der Waals surface area contributed by atoms with Crippen molar-refractivity contribution in [1.82, 2.24) is 9.80 Å². The highest BCUT2D eigenvalue weighted by atomic mass is 19.3. The SMILES string of the molecule is C=C/C=C\N(C)/C(=C(\C=C)C(=O)C(C)C)C(C)C.CCCCC(CCC)CC(F)F.Cc1cc2c(cc1C)C(=O)N(CC(CF)C(C)(C)O)C2. The molecule has 1 aliphatic rings. The number of carbonyl (C=O) groups excluding carboxylic acids is 2. The average molecular weight is 705 g/mol. The lowest BCUT2D eigenvalue weighted by Gasteiger charge is -2.30. The van der Waals surface area contributed by atoms with E-state index in [-0.39, 0.29) is 42.4 Å². The van der Waals surface area contributed by atoms with Crippen LogP contribution in [-0.2, 0) is 11.3 Å². The largest absolute Gasteiger partial charge is 0.390 e. The van der Waals surface area contributed by atoms with E-state index in [2.05, 4.69) is 40.9 Å². The van der Waals surface area contributed by atoms with Gasteiger partial charge >= 0.3 is 0 Å². The molecule has 0 saturated carbocycles. The summed E-state index contributed by atoms with van der Waals surface area (Å²) in [6.07, 6.45) is 10.3. The number of Topliss-reactive ketones (excluding diaryl/α,β-unsaturated/α-hetero) is 1. The Morgan fingerprint density at radius 2 is 1.64 bits per heavy atom. The third-order valence-electron chi connectivity index (χ3n) is 9.04. The van der Waals surface area contributed by atoms with E-state index in [0.717, 1.165) is 54.5 Å². The molecular weight excluding hydrogens is 637 g/mol. The lowest BCUT2D eigenvalue weighted by Crippen LogP contribution is -2.41. The molecule has 0 radical (unpaired) electrons. The topological polar surface area (TPSA) is 60.9 Å². The number of allylic oxidation sites excluding steroid dienone is 5. The third-order valence-corrected chi connectivity index (χ3v) is 9.04. The smallest absolute Gasteiger partial charge is 0.254 e. The van der Waals surface area contributed by atoms with Crippen molar-refractivity contribution in [3.63, 3.8) is 0 Å². The van der Waals surface area contributed by atoms with E-state index in [9.17, 15) is 27.9 Å². The van der Waals surface area contributed by atoms with Crippen molar-refractivity contribution < 1.29 is 27.9 Å². The van der Waals surface area contributed by atoms with Crippen LogP contribution in [0.3, 0.4) is 0 Å². The van der Waals surface area contributed by atoms with Crippen molar-refractivity contribution in [3.8, 4) is 0 Å². The van der Waals surface area contributed by atoms with Crippen LogP contribution in [0.2, 0.25) is 0 Å². The van der Waals surface area contributed by atoms with E-state index in [1.165, 1.54) is 0 Å². The Balaban J connectivity index is 0.000000745. The molecule has 0 fully saturated rings. The number of amides is 1. The van der Waals surface area contributed by atoms with E-state index in [1.54, 1.807) is 30.9 Å². The van der Waals surface area contributed by atoms with Crippen LogP contribution in [0.1, 0.15) is 121 Å². The molecule has 2 atom stereocenters.